The molecular weight excluding hydrogens is 673 g/mol. The molecule has 3 aromatic carbocycles. The number of terminal acetylenes is 1. The van der Waals surface area contributed by atoms with Crippen LogP contribution in [0.5, 0.6) is 5.75 Å². The summed E-state index contributed by atoms with van der Waals surface area (Å²) in [6, 6.07) is 19.5. The lowest BCUT2D eigenvalue weighted by Gasteiger charge is -2.39. The van der Waals surface area contributed by atoms with E-state index in [0.717, 1.165) is 11.1 Å². The van der Waals surface area contributed by atoms with Crippen molar-refractivity contribution < 1.29 is 19.1 Å². The van der Waals surface area contributed by atoms with E-state index in [1.54, 1.807) is 11.0 Å². The first-order chi connectivity index (χ1) is 22.9. The third-order valence-electron chi connectivity index (χ3n) is 8.75. The summed E-state index contributed by atoms with van der Waals surface area (Å²) in [6.45, 7) is 7.08. The fourth-order valence-corrected chi connectivity index (χ4v) is 6.53. The summed E-state index contributed by atoms with van der Waals surface area (Å²) in [5, 5.41) is 1.21. The van der Waals surface area contributed by atoms with Crippen LogP contribution >= 0.6 is 35.6 Å². The Kier molecular flexibility index (Phi) is 11.9. The molecular formula is C36H38Cl3N5O4. The highest BCUT2D eigenvalue weighted by Crippen LogP contribution is 2.45. The van der Waals surface area contributed by atoms with Crippen molar-refractivity contribution in [3.8, 4) is 18.1 Å². The lowest BCUT2D eigenvalue weighted by Crippen LogP contribution is -2.56. The van der Waals surface area contributed by atoms with Gasteiger partial charge in [-0.2, -0.15) is 0 Å². The van der Waals surface area contributed by atoms with Crippen LogP contribution in [-0.4, -0.2) is 103 Å². The molecule has 0 unspecified atom stereocenters. The van der Waals surface area contributed by atoms with E-state index in [-0.39, 0.29) is 24.3 Å². The Hall–Kier alpha value is -3.78. The molecule has 0 radical (unpaired) electrons. The van der Waals surface area contributed by atoms with Crippen LogP contribution in [0.3, 0.4) is 0 Å². The summed E-state index contributed by atoms with van der Waals surface area (Å²) in [7, 11) is 0. The summed E-state index contributed by atoms with van der Waals surface area (Å²) < 4.78 is 11.5. The van der Waals surface area contributed by atoms with E-state index in [1.807, 2.05) is 77.4 Å². The van der Waals surface area contributed by atoms with Gasteiger partial charge >= 0.3 is 6.03 Å². The number of rotatable bonds is 7. The molecule has 3 aliphatic rings. The van der Waals surface area contributed by atoms with Gasteiger partial charge in [0.1, 0.15) is 17.6 Å². The van der Waals surface area contributed by atoms with Gasteiger partial charge in [-0.1, -0.05) is 53.4 Å². The maximum absolute atomic E-state index is 14.8. The summed E-state index contributed by atoms with van der Waals surface area (Å²) >= 11 is 12.6. The van der Waals surface area contributed by atoms with Gasteiger partial charge in [-0.15, -0.1) is 18.8 Å². The fourth-order valence-electron chi connectivity index (χ4n) is 6.28. The Morgan fingerprint density at radius 2 is 1.52 bits per heavy atom. The van der Waals surface area contributed by atoms with Gasteiger partial charge in [-0.25, -0.2) is 4.79 Å². The predicted molar refractivity (Wildman–Crippen MR) is 190 cm³/mol. The molecule has 3 heterocycles. The Morgan fingerprint density at radius 1 is 0.896 bits per heavy atom. The van der Waals surface area contributed by atoms with Crippen molar-refractivity contribution in [2.75, 3.05) is 65.6 Å². The smallest absolute Gasteiger partial charge is 0.326 e. The topological polar surface area (TPSA) is 77.9 Å². The highest BCUT2D eigenvalue weighted by atomic mass is 35.5. The summed E-state index contributed by atoms with van der Waals surface area (Å²) in [4.78, 5) is 40.5. The Balaban J connectivity index is 0.00000451. The van der Waals surface area contributed by atoms with Crippen molar-refractivity contribution in [1.82, 2.24) is 19.6 Å². The number of aliphatic imine (C=N–C) groups is 1. The van der Waals surface area contributed by atoms with Gasteiger partial charge in [0.2, 0.25) is 5.91 Å². The second kappa shape index (κ2) is 16.1. The molecule has 0 aliphatic carbocycles. The Morgan fingerprint density at radius 3 is 2.12 bits per heavy atom. The first-order valence-corrected chi connectivity index (χ1v) is 16.6. The van der Waals surface area contributed by atoms with Crippen molar-refractivity contribution in [1.29, 1.82) is 0 Å². The molecule has 0 N–H and O–H groups in total. The molecule has 252 valence electrons. The minimum atomic E-state index is -0.487. The molecule has 2 atom stereocenters. The maximum atomic E-state index is 14.8. The van der Waals surface area contributed by atoms with Crippen molar-refractivity contribution in [3.63, 3.8) is 0 Å². The summed E-state index contributed by atoms with van der Waals surface area (Å²) in [6.07, 6.45) is 5.73. The normalized spacial score (nSPS) is 19.7. The SMILES string of the molecule is C#Cc1ccc(C2=N[C@@H](c3ccc(Cl)cc3)[C@@H](c3ccc(Cl)cc3)N2C(=O)N2CCN(CC(=O)N3CCOCC3)CC2)c(OCC)c1.Cl. The van der Waals surface area contributed by atoms with E-state index < -0.39 is 12.1 Å². The number of piperazine rings is 1. The Bertz CT molecular complexity index is 1660. The van der Waals surface area contributed by atoms with Crippen LogP contribution in [0.1, 0.15) is 41.3 Å². The van der Waals surface area contributed by atoms with Gasteiger partial charge in [0.15, 0.2) is 0 Å². The van der Waals surface area contributed by atoms with E-state index in [0.29, 0.717) is 98.4 Å². The van der Waals surface area contributed by atoms with Crippen LogP contribution in [0.4, 0.5) is 4.79 Å². The van der Waals surface area contributed by atoms with E-state index >= 15 is 0 Å². The number of amidine groups is 1. The van der Waals surface area contributed by atoms with Gasteiger partial charge in [-0.3, -0.25) is 19.6 Å². The van der Waals surface area contributed by atoms with Crippen LogP contribution < -0.4 is 4.74 Å². The number of carbonyl (C=O) groups is 2. The molecule has 3 aliphatic heterocycles. The quantitative estimate of drug-likeness (QED) is 0.284. The fraction of sp³-hybridized carbons (Fsp3) is 0.361. The molecule has 3 aromatic rings. The molecule has 12 heteroatoms. The molecule has 0 aromatic heterocycles. The molecule has 48 heavy (non-hydrogen) atoms. The number of ether oxygens (including phenoxy) is 2. The highest BCUT2D eigenvalue weighted by Gasteiger charge is 2.45. The second-order valence-electron chi connectivity index (χ2n) is 11.6. The molecule has 0 bridgehead atoms. The first-order valence-electron chi connectivity index (χ1n) is 15.8. The lowest BCUT2D eigenvalue weighted by atomic mass is 9.93. The van der Waals surface area contributed by atoms with Crippen LogP contribution in [0.15, 0.2) is 71.7 Å². The van der Waals surface area contributed by atoms with Gasteiger partial charge in [0.25, 0.3) is 0 Å². The number of halogens is 3. The van der Waals surface area contributed by atoms with Gasteiger partial charge in [0, 0.05) is 54.9 Å². The van der Waals surface area contributed by atoms with Crippen molar-refractivity contribution in [2.24, 2.45) is 4.99 Å². The number of urea groups is 1. The van der Waals surface area contributed by atoms with E-state index in [9.17, 15) is 9.59 Å². The van der Waals surface area contributed by atoms with Crippen LogP contribution in [0.2, 0.25) is 10.0 Å². The van der Waals surface area contributed by atoms with Gasteiger partial charge in [-0.05, 0) is 60.5 Å². The number of hydrogen-bond acceptors (Lipinski definition) is 6. The first kappa shape index (κ1) is 35.5. The van der Waals surface area contributed by atoms with E-state index in [4.69, 9.17) is 44.1 Å². The van der Waals surface area contributed by atoms with Crippen molar-refractivity contribution >= 4 is 53.4 Å². The maximum Gasteiger partial charge on any atom is 0.326 e. The predicted octanol–water partition coefficient (Wildman–Crippen LogP) is 5.94. The van der Waals surface area contributed by atoms with Crippen LogP contribution in [0.25, 0.3) is 0 Å². The number of morpholine rings is 1. The van der Waals surface area contributed by atoms with E-state index in [1.165, 1.54) is 0 Å². The average Bonchev–Trinajstić information content (AvgIpc) is 3.49. The van der Waals surface area contributed by atoms with Gasteiger partial charge < -0.3 is 19.3 Å². The third kappa shape index (κ3) is 7.75. The highest BCUT2D eigenvalue weighted by molar-refractivity contribution is 6.30. The largest absolute Gasteiger partial charge is 0.493 e. The lowest BCUT2D eigenvalue weighted by molar-refractivity contribution is -0.136. The zero-order chi connectivity index (χ0) is 32.9. The van der Waals surface area contributed by atoms with Gasteiger partial charge in [0.05, 0.1) is 38.0 Å². The molecule has 9 nitrogen and oxygen atoms in total. The number of benzene rings is 3. The number of amides is 3. The Labute approximate surface area is 297 Å². The number of carbonyl (C=O) groups excluding carboxylic acids is 2. The molecule has 2 fully saturated rings. The molecule has 2 saturated heterocycles. The zero-order valence-corrected chi connectivity index (χ0v) is 29.0. The van der Waals surface area contributed by atoms with E-state index in [2.05, 4.69) is 10.8 Å². The number of nitrogens with zero attached hydrogens (tertiary/aromatic N) is 5. The molecule has 0 saturated carbocycles. The summed E-state index contributed by atoms with van der Waals surface area (Å²) in [5.41, 5.74) is 3.13. The minimum Gasteiger partial charge on any atom is -0.493 e. The monoisotopic (exact) mass is 709 g/mol. The number of hydrogen-bond donors (Lipinski definition) is 0. The van der Waals surface area contributed by atoms with Crippen molar-refractivity contribution in [2.45, 2.75) is 19.0 Å². The van der Waals surface area contributed by atoms with Crippen molar-refractivity contribution in [3.05, 3.63) is 99.0 Å². The third-order valence-corrected chi connectivity index (χ3v) is 9.25. The summed E-state index contributed by atoms with van der Waals surface area (Å²) in [5.74, 6) is 3.81. The average molecular weight is 711 g/mol. The molecule has 6 rings (SSSR count). The molecule has 0 spiro atoms. The zero-order valence-electron chi connectivity index (χ0n) is 26.7. The van der Waals surface area contributed by atoms with Crippen LogP contribution in [0, 0.1) is 12.3 Å². The second-order valence-corrected chi connectivity index (χ2v) is 12.5. The molecule has 3 amide bonds. The minimum absolute atomic E-state index is 0. The van der Waals surface area contributed by atoms with Crippen LogP contribution in [-0.2, 0) is 9.53 Å². The standard InChI is InChI=1S/C36H37Cl2N5O4.ClH/c1-3-25-5-14-30(31(23-25)47-4-2)35-39-33(26-6-10-28(37)11-7-26)34(27-8-12-29(38)13-9-27)43(35)36(45)42-17-15-40(16-18-42)24-32(44)41-19-21-46-22-20-41;/h1,5-14,23,33-34H,4,15-22,24H2,2H3;1H/t33-,34+;/m0./s1.